The van der Waals surface area contributed by atoms with Crippen LogP contribution in [0, 0.1) is 0 Å². The molecule has 0 unspecified atom stereocenters. The minimum atomic E-state index is -1.01. The Balaban J connectivity index is 3.88. The molecule has 0 saturated carbocycles. The van der Waals surface area contributed by atoms with Gasteiger partial charge in [-0.2, -0.15) is 0 Å². The zero-order chi connectivity index (χ0) is 19.3. The smallest absolute Gasteiger partial charge is 0.115 e. The Bertz CT molecular complexity index is 510. The second-order valence-electron chi connectivity index (χ2n) is 5.62. The molecule has 0 aromatic carbocycles. The molecule has 4 nitrogen and oxygen atoms in total. The number of carbonyl (C=O) groups excluding carboxylic acids is 1. The lowest BCUT2D eigenvalue weighted by Gasteiger charge is -2.03. The van der Waals surface area contributed by atoms with Crippen LogP contribution in [0.1, 0.15) is 51.9 Å². The molecule has 0 fully saturated rings. The van der Waals surface area contributed by atoms with Gasteiger partial charge >= 0.3 is 0 Å². The van der Waals surface area contributed by atoms with Crippen LogP contribution in [-0.2, 0) is 9.68 Å². The molecule has 0 radical (unpaired) electrons. The zero-order valence-corrected chi connectivity index (χ0v) is 15.6. The van der Waals surface area contributed by atoms with Crippen LogP contribution in [0.2, 0.25) is 0 Å². The van der Waals surface area contributed by atoms with Gasteiger partial charge in [0.05, 0.1) is 0 Å². The number of carboxylic acids is 1. The average molecular weight is 359 g/mol. The van der Waals surface area contributed by atoms with Gasteiger partial charge in [-0.25, -0.2) is 4.89 Å². The highest BCUT2D eigenvalue weighted by atomic mass is 17.1. The molecule has 0 bridgehead atoms. The summed E-state index contributed by atoms with van der Waals surface area (Å²) in [5, 5.41) is 19.1. The molecule has 1 atom stereocenters. The largest absolute Gasteiger partial charge is 0.550 e. The maximum absolute atomic E-state index is 10.2. The van der Waals surface area contributed by atoms with Crippen LogP contribution in [-0.4, -0.2) is 17.3 Å². The second-order valence-corrected chi connectivity index (χ2v) is 5.62. The number of unbranched alkanes of at least 4 members (excludes halogenated alkanes) is 1. The van der Waals surface area contributed by atoms with Crippen molar-refractivity contribution in [3.05, 3.63) is 72.9 Å². The standard InChI is InChI=1S/C22H32O4/c1-2-3-4-5-12-15-18-21(26-25)19-16-13-10-8-6-7-9-11-14-17-20-22(23)24/h3-4,6,8,10-16,19,21,25H,2,5,7,9,17-18,20H2,1H3,(H,23,24)/p-1/b4-3-,8-6+,13-10-,14-11-,15-12-,19-16+/t21-/m0/s1. The van der Waals surface area contributed by atoms with Crippen LogP contribution in [0.3, 0.4) is 0 Å². The van der Waals surface area contributed by atoms with Gasteiger partial charge in [0.15, 0.2) is 0 Å². The Labute approximate surface area is 157 Å². The monoisotopic (exact) mass is 359 g/mol. The Kier molecular flexibility index (Phi) is 17.6. The minimum Gasteiger partial charge on any atom is -0.550 e. The number of hydrogen-bond donors (Lipinski definition) is 1. The molecule has 0 saturated heterocycles. The van der Waals surface area contributed by atoms with E-state index in [2.05, 4.69) is 30.0 Å². The summed E-state index contributed by atoms with van der Waals surface area (Å²) < 4.78 is 0. The Morgan fingerprint density at radius 2 is 1.62 bits per heavy atom. The van der Waals surface area contributed by atoms with Gasteiger partial charge < -0.3 is 9.90 Å². The van der Waals surface area contributed by atoms with Crippen LogP contribution < -0.4 is 5.11 Å². The highest BCUT2D eigenvalue weighted by molar-refractivity contribution is 5.64. The lowest BCUT2D eigenvalue weighted by molar-refractivity contribution is -0.305. The summed E-state index contributed by atoms with van der Waals surface area (Å²) in [6.45, 7) is 2.10. The fourth-order valence-electron chi connectivity index (χ4n) is 1.95. The van der Waals surface area contributed by atoms with Crippen molar-refractivity contribution >= 4 is 5.97 Å². The van der Waals surface area contributed by atoms with Gasteiger partial charge in [0.25, 0.3) is 0 Å². The molecule has 0 aliphatic rings. The minimum absolute atomic E-state index is 0.0751. The van der Waals surface area contributed by atoms with Gasteiger partial charge in [0, 0.05) is 5.97 Å². The van der Waals surface area contributed by atoms with E-state index in [-0.39, 0.29) is 12.5 Å². The molecule has 0 aromatic rings. The van der Waals surface area contributed by atoms with Crippen LogP contribution in [0.5, 0.6) is 0 Å². The summed E-state index contributed by atoms with van der Waals surface area (Å²) in [6.07, 6.45) is 28.2. The fourth-order valence-corrected chi connectivity index (χ4v) is 1.95. The van der Waals surface area contributed by atoms with E-state index in [1.54, 1.807) is 6.08 Å². The van der Waals surface area contributed by atoms with Crippen molar-refractivity contribution in [2.45, 2.75) is 58.0 Å². The van der Waals surface area contributed by atoms with E-state index in [0.29, 0.717) is 12.8 Å². The van der Waals surface area contributed by atoms with Crippen molar-refractivity contribution in [1.82, 2.24) is 0 Å². The van der Waals surface area contributed by atoms with Crippen molar-refractivity contribution in [2.75, 3.05) is 0 Å². The van der Waals surface area contributed by atoms with E-state index in [1.807, 2.05) is 48.6 Å². The molecule has 26 heavy (non-hydrogen) atoms. The third-order valence-electron chi connectivity index (χ3n) is 3.32. The third-order valence-corrected chi connectivity index (χ3v) is 3.32. The van der Waals surface area contributed by atoms with Crippen molar-refractivity contribution in [2.24, 2.45) is 0 Å². The fraction of sp³-hybridized carbons (Fsp3) is 0.409. The number of rotatable bonds is 15. The van der Waals surface area contributed by atoms with E-state index < -0.39 is 5.97 Å². The highest BCUT2D eigenvalue weighted by Crippen LogP contribution is 2.02. The highest BCUT2D eigenvalue weighted by Gasteiger charge is 1.99. The number of carbonyl (C=O) groups is 1. The Morgan fingerprint density at radius 1 is 0.923 bits per heavy atom. The van der Waals surface area contributed by atoms with E-state index in [0.717, 1.165) is 25.7 Å². The third kappa shape index (κ3) is 18.2. The number of carboxylic acid groups (broad SMARTS) is 1. The predicted molar refractivity (Wildman–Crippen MR) is 105 cm³/mol. The van der Waals surface area contributed by atoms with E-state index in [9.17, 15) is 9.90 Å². The summed E-state index contributed by atoms with van der Waals surface area (Å²) in [5.41, 5.74) is 0. The molecule has 144 valence electrons. The van der Waals surface area contributed by atoms with Crippen molar-refractivity contribution in [3.8, 4) is 0 Å². The maximum Gasteiger partial charge on any atom is 0.115 e. The second kappa shape index (κ2) is 19.2. The molecule has 0 aliphatic heterocycles. The van der Waals surface area contributed by atoms with E-state index >= 15 is 0 Å². The Hall–Kier alpha value is -2.17. The molecule has 0 rings (SSSR count). The molecule has 4 heteroatoms. The summed E-state index contributed by atoms with van der Waals surface area (Å²) in [6, 6.07) is 0. The molecular weight excluding hydrogens is 328 g/mol. The molecule has 1 N–H and O–H groups in total. The summed E-state index contributed by atoms with van der Waals surface area (Å²) in [7, 11) is 0. The first-order valence-electron chi connectivity index (χ1n) is 9.15. The van der Waals surface area contributed by atoms with Crippen molar-refractivity contribution in [3.63, 3.8) is 0 Å². The van der Waals surface area contributed by atoms with Gasteiger partial charge in [0.2, 0.25) is 0 Å². The molecule has 0 aliphatic carbocycles. The molecule has 0 aromatic heterocycles. The van der Waals surface area contributed by atoms with E-state index in [1.165, 1.54) is 0 Å². The summed E-state index contributed by atoms with van der Waals surface area (Å²) in [5.74, 6) is -1.01. The summed E-state index contributed by atoms with van der Waals surface area (Å²) in [4.78, 5) is 14.7. The molecule has 0 heterocycles. The van der Waals surface area contributed by atoms with Gasteiger partial charge in [-0.1, -0.05) is 79.8 Å². The molecule has 0 amide bonds. The zero-order valence-electron chi connectivity index (χ0n) is 15.6. The maximum atomic E-state index is 10.2. The molecule has 0 spiro atoms. The van der Waals surface area contributed by atoms with Crippen molar-refractivity contribution in [1.29, 1.82) is 0 Å². The first-order chi connectivity index (χ1) is 12.7. The first-order valence-corrected chi connectivity index (χ1v) is 9.15. The number of aliphatic carboxylic acids is 1. The normalized spacial score (nSPS) is 14.2. The first kappa shape index (κ1) is 23.8. The van der Waals surface area contributed by atoms with Crippen molar-refractivity contribution < 1.29 is 20.0 Å². The lowest BCUT2D eigenvalue weighted by atomic mass is 10.2. The van der Waals surface area contributed by atoms with Crippen LogP contribution in [0.4, 0.5) is 0 Å². The number of hydrogen-bond acceptors (Lipinski definition) is 4. The van der Waals surface area contributed by atoms with Crippen LogP contribution in [0.25, 0.3) is 0 Å². The topological polar surface area (TPSA) is 69.6 Å². The Morgan fingerprint density at radius 3 is 2.35 bits per heavy atom. The SMILES string of the molecule is CC/C=C\C/C=C\C[C@@H](/C=C/C=C\C=C\CC/C=C\CCC(=O)[O-])OO. The van der Waals surface area contributed by atoms with Gasteiger partial charge in [-0.05, 0) is 44.9 Å². The van der Waals surface area contributed by atoms with Gasteiger partial charge in [-0.15, -0.1) is 0 Å². The quantitative estimate of drug-likeness (QED) is 0.151. The predicted octanol–water partition coefficient (Wildman–Crippen LogP) is 4.68. The van der Waals surface area contributed by atoms with Gasteiger partial charge in [-0.3, -0.25) is 5.26 Å². The number of allylic oxidation sites excluding steroid dienone is 10. The summed E-state index contributed by atoms with van der Waals surface area (Å²) >= 11 is 0. The lowest BCUT2D eigenvalue weighted by Crippen LogP contribution is -2.21. The van der Waals surface area contributed by atoms with Crippen LogP contribution in [0.15, 0.2) is 72.9 Å². The molecular formula is C22H31O4-. The average Bonchev–Trinajstić information content (AvgIpc) is 2.63. The van der Waals surface area contributed by atoms with Gasteiger partial charge in [0.1, 0.15) is 6.10 Å². The van der Waals surface area contributed by atoms with E-state index in [4.69, 9.17) is 5.26 Å². The van der Waals surface area contributed by atoms with Crippen LogP contribution >= 0.6 is 0 Å².